The van der Waals surface area contributed by atoms with Crippen molar-refractivity contribution in [2.24, 2.45) is 40.9 Å². The molecule has 2 saturated carbocycles. The van der Waals surface area contributed by atoms with Crippen LogP contribution in [0.5, 0.6) is 0 Å². The van der Waals surface area contributed by atoms with Crippen LogP contribution in [0.15, 0.2) is 23.8 Å². The van der Waals surface area contributed by atoms with Gasteiger partial charge in [0.2, 0.25) is 0 Å². The second-order valence-corrected chi connectivity index (χ2v) is 11.9. The van der Waals surface area contributed by atoms with E-state index in [1.165, 1.54) is 76.2 Å². The van der Waals surface area contributed by atoms with Gasteiger partial charge in [0, 0.05) is 0 Å². The van der Waals surface area contributed by atoms with E-state index in [1.807, 2.05) is 0 Å². The quantitative estimate of drug-likeness (QED) is 0.503. The van der Waals surface area contributed by atoms with E-state index in [2.05, 4.69) is 45.9 Å². The number of fused-ring (bicyclic) bond motifs is 4. The molecule has 0 aromatic heterocycles. The summed E-state index contributed by atoms with van der Waals surface area (Å²) in [4.78, 5) is 0. The number of rotatable bonds is 5. The molecule has 1 N–H and O–H groups in total. The summed E-state index contributed by atoms with van der Waals surface area (Å²) in [5.74, 6) is 4.24. The highest BCUT2D eigenvalue weighted by Gasteiger charge is 2.60. The highest BCUT2D eigenvalue weighted by molar-refractivity contribution is 5.27. The van der Waals surface area contributed by atoms with Crippen LogP contribution >= 0.6 is 0 Å². The average Bonchev–Trinajstić information content (AvgIpc) is 3.03. The van der Waals surface area contributed by atoms with E-state index >= 15 is 0 Å². The monoisotopic (exact) mass is 398 g/mol. The summed E-state index contributed by atoms with van der Waals surface area (Å²) in [6, 6.07) is 0. The fourth-order valence-corrected chi connectivity index (χ4v) is 8.20. The fourth-order valence-electron chi connectivity index (χ4n) is 8.20. The molecular formula is C28H46O. The zero-order chi connectivity index (χ0) is 20.6. The van der Waals surface area contributed by atoms with Crippen LogP contribution in [0, 0.1) is 40.9 Å². The normalized spacial score (nSPS) is 44.8. The van der Waals surface area contributed by atoms with Gasteiger partial charge in [-0.25, -0.2) is 0 Å². The van der Waals surface area contributed by atoms with Crippen LogP contribution in [0.25, 0.3) is 0 Å². The molecule has 1 nitrogen and oxygen atoms in total. The fraction of sp³-hybridized carbons (Fsp3) is 0.857. The number of hydrogen-bond acceptors (Lipinski definition) is 1. The van der Waals surface area contributed by atoms with Gasteiger partial charge in [-0.05, 0) is 104 Å². The first kappa shape index (κ1) is 21.7. The molecule has 4 rings (SSSR count). The maximum atomic E-state index is 12.2. The molecule has 2 fully saturated rings. The van der Waals surface area contributed by atoms with Crippen molar-refractivity contribution >= 4 is 0 Å². The van der Waals surface area contributed by atoms with Crippen LogP contribution in [-0.2, 0) is 0 Å². The van der Waals surface area contributed by atoms with E-state index in [9.17, 15) is 5.11 Å². The SMILES string of the molecule is CC(C)CCC[C@@H](C)[C@H]1CC[C@@H]2[C@]1(C)CC[C@H]1CCC3CCC=C/C3=C/C[C@]12O. The second-order valence-electron chi connectivity index (χ2n) is 11.9. The smallest absolute Gasteiger partial charge is 0.0743 e. The lowest BCUT2D eigenvalue weighted by molar-refractivity contribution is -0.149. The standard InChI is InChI=1S/C28H46O/c1-20(2)8-7-9-21(3)25-14-15-26-27(25,4)18-17-24-13-12-22-10-5-6-11-23(22)16-19-28(24,26)29/h6,11,16,20-22,24-26,29H,5,7-10,12-15,17-19H2,1-4H3/b23-16-/t21-,22?,24-,25-,26-,27-,28+/m1/s1. The molecule has 0 aromatic carbocycles. The van der Waals surface area contributed by atoms with E-state index in [-0.39, 0.29) is 0 Å². The van der Waals surface area contributed by atoms with Crippen LogP contribution in [0.4, 0.5) is 0 Å². The van der Waals surface area contributed by atoms with Gasteiger partial charge in [-0.1, -0.05) is 65.2 Å². The number of aliphatic hydroxyl groups is 1. The Balaban J connectivity index is 1.52. The zero-order valence-corrected chi connectivity index (χ0v) is 19.6. The Bertz CT molecular complexity index is 630. The van der Waals surface area contributed by atoms with Gasteiger partial charge in [0.1, 0.15) is 0 Å². The van der Waals surface area contributed by atoms with Gasteiger partial charge in [0.25, 0.3) is 0 Å². The molecule has 0 radical (unpaired) electrons. The Hall–Kier alpha value is -0.560. The molecule has 1 heteroatoms. The molecule has 7 atom stereocenters. The highest BCUT2D eigenvalue weighted by atomic mass is 16.3. The zero-order valence-electron chi connectivity index (χ0n) is 19.6. The Morgan fingerprint density at radius 2 is 1.86 bits per heavy atom. The summed E-state index contributed by atoms with van der Waals surface area (Å²) < 4.78 is 0. The average molecular weight is 399 g/mol. The maximum Gasteiger partial charge on any atom is 0.0743 e. The van der Waals surface area contributed by atoms with E-state index in [0.717, 1.165) is 30.1 Å². The van der Waals surface area contributed by atoms with Crippen LogP contribution in [0.1, 0.15) is 105 Å². The molecule has 164 valence electrons. The lowest BCUT2D eigenvalue weighted by atomic mass is 9.52. The second kappa shape index (κ2) is 8.52. The maximum absolute atomic E-state index is 12.2. The van der Waals surface area contributed by atoms with Gasteiger partial charge in [-0.2, -0.15) is 0 Å². The van der Waals surface area contributed by atoms with Crippen LogP contribution in [0.3, 0.4) is 0 Å². The van der Waals surface area contributed by atoms with Crippen molar-refractivity contribution in [1.82, 2.24) is 0 Å². The summed E-state index contributed by atoms with van der Waals surface area (Å²) in [5, 5.41) is 12.2. The van der Waals surface area contributed by atoms with Gasteiger partial charge in [0.05, 0.1) is 5.60 Å². The lowest BCUT2D eigenvalue weighted by Crippen LogP contribution is -2.55. The molecule has 4 aliphatic carbocycles. The Morgan fingerprint density at radius 1 is 1.03 bits per heavy atom. The van der Waals surface area contributed by atoms with Crippen molar-refractivity contribution in [3.05, 3.63) is 23.8 Å². The predicted molar refractivity (Wildman–Crippen MR) is 124 cm³/mol. The van der Waals surface area contributed by atoms with Gasteiger partial charge in [0.15, 0.2) is 0 Å². The molecule has 0 heterocycles. The van der Waals surface area contributed by atoms with Crippen molar-refractivity contribution in [2.75, 3.05) is 0 Å². The molecule has 1 unspecified atom stereocenters. The summed E-state index contributed by atoms with van der Waals surface area (Å²) >= 11 is 0. The van der Waals surface area contributed by atoms with Crippen molar-refractivity contribution in [3.63, 3.8) is 0 Å². The predicted octanol–water partition coefficient (Wildman–Crippen LogP) is 7.70. The van der Waals surface area contributed by atoms with Gasteiger partial charge in [-0.15, -0.1) is 0 Å². The minimum absolute atomic E-state index is 0.349. The molecule has 29 heavy (non-hydrogen) atoms. The molecule has 0 amide bonds. The molecule has 0 aliphatic heterocycles. The summed E-state index contributed by atoms with van der Waals surface area (Å²) in [6.45, 7) is 9.79. The third-order valence-corrected chi connectivity index (χ3v) is 9.87. The third-order valence-electron chi connectivity index (χ3n) is 9.87. The molecule has 0 aromatic rings. The minimum Gasteiger partial charge on any atom is -0.389 e. The topological polar surface area (TPSA) is 20.2 Å². The number of hydrogen-bond donors (Lipinski definition) is 1. The first-order chi connectivity index (χ1) is 13.8. The first-order valence-corrected chi connectivity index (χ1v) is 12.9. The number of allylic oxidation sites excluding steroid dienone is 3. The Kier molecular flexibility index (Phi) is 6.37. The van der Waals surface area contributed by atoms with Crippen LogP contribution in [-0.4, -0.2) is 10.7 Å². The largest absolute Gasteiger partial charge is 0.389 e. The van der Waals surface area contributed by atoms with Crippen molar-refractivity contribution < 1.29 is 5.11 Å². The van der Waals surface area contributed by atoms with Crippen molar-refractivity contribution in [3.8, 4) is 0 Å². The Morgan fingerprint density at radius 3 is 2.66 bits per heavy atom. The summed E-state index contributed by atoms with van der Waals surface area (Å²) in [6.07, 6.45) is 22.5. The third kappa shape index (κ3) is 4.02. The molecule has 0 bridgehead atoms. The van der Waals surface area contributed by atoms with E-state index in [1.54, 1.807) is 0 Å². The van der Waals surface area contributed by atoms with Crippen LogP contribution < -0.4 is 0 Å². The van der Waals surface area contributed by atoms with Crippen molar-refractivity contribution in [2.45, 2.75) is 110 Å². The van der Waals surface area contributed by atoms with E-state index < -0.39 is 5.60 Å². The highest BCUT2D eigenvalue weighted by Crippen LogP contribution is 2.64. The van der Waals surface area contributed by atoms with Gasteiger partial charge in [-0.3, -0.25) is 0 Å². The van der Waals surface area contributed by atoms with Gasteiger partial charge >= 0.3 is 0 Å². The molecule has 0 saturated heterocycles. The van der Waals surface area contributed by atoms with Gasteiger partial charge < -0.3 is 5.11 Å². The molecule has 0 spiro atoms. The summed E-state index contributed by atoms with van der Waals surface area (Å²) in [7, 11) is 0. The minimum atomic E-state index is -0.456. The first-order valence-electron chi connectivity index (χ1n) is 12.9. The molecular weight excluding hydrogens is 352 g/mol. The Labute approximate surface area is 180 Å². The van der Waals surface area contributed by atoms with E-state index in [0.29, 0.717) is 17.3 Å². The van der Waals surface area contributed by atoms with E-state index in [4.69, 9.17) is 0 Å². The van der Waals surface area contributed by atoms with Crippen LogP contribution in [0.2, 0.25) is 0 Å². The summed E-state index contributed by atoms with van der Waals surface area (Å²) in [5.41, 5.74) is 1.43. The molecule has 4 aliphatic rings. The van der Waals surface area contributed by atoms with Crippen molar-refractivity contribution in [1.29, 1.82) is 0 Å². The lowest BCUT2D eigenvalue weighted by Gasteiger charge is -2.55.